The number of carbonyl (C=O) groups is 1. The second-order valence-corrected chi connectivity index (χ2v) is 5.37. The van der Waals surface area contributed by atoms with Crippen molar-refractivity contribution >= 4 is 5.78 Å². The monoisotopic (exact) mass is 257 g/mol. The maximum absolute atomic E-state index is 12.0. The summed E-state index contributed by atoms with van der Waals surface area (Å²) in [6.07, 6.45) is 2.08. The van der Waals surface area contributed by atoms with Crippen LogP contribution in [0.1, 0.15) is 59.3 Å². The number of hydrogen-bond donors (Lipinski definition) is 1. The number of rotatable bonds is 5. The molecule has 0 unspecified atom stereocenters. The second kappa shape index (κ2) is 5.34. The van der Waals surface area contributed by atoms with Crippen LogP contribution in [0.2, 0.25) is 0 Å². The third-order valence-electron chi connectivity index (χ3n) is 4.65. The third-order valence-corrected chi connectivity index (χ3v) is 4.65. The van der Waals surface area contributed by atoms with Crippen molar-refractivity contribution in [1.82, 2.24) is 0 Å². The molecule has 0 amide bonds. The van der Waals surface area contributed by atoms with Crippen LogP contribution < -0.4 is 0 Å². The van der Waals surface area contributed by atoms with E-state index in [1.807, 2.05) is 6.92 Å². The van der Waals surface area contributed by atoms with E-state index in [4.69, 9.17) is 0 Å². The van der Waals surface area contributed by atoms with Gasteiger partial charge in [-0.3, -0.25) is 14.9 Å². The Kier molecular flexibility index (Phi) is 4.48. The molecule has 0 bridgehead atoms. The van der Waals surface area contributed by atoms with E-state index in [-0.39, 0.29) is 17.1 Å². The van der Waals surface area contributed by atoms with Gasteiger partial charge in [-0.05, 0) is 12.8 Å². The van der Waals surface area contributed by atoms with Gasteiger partial charge in [0.05, 0.1) is 11.5 Å². The Labute approximate surface area is 108 Å². The van der Waals surface area contributed by atoms with Gasteiger partial charge in [0.1, 0.15) is 5.78 Å². The van der Waals surface area contributed by atoms with Gasteiger partial charge in [0.15, 0.2) is 0 Å². The van der Waals surface area contributed by atoms with Gasteiger partial charge in [0, 0.05) is 30.6 Å². The summed E-state index contributed by atoms with van der Waals surface area (Å²) < 4.78 is 0. The molecule has 1 aliphatic carbocycles. The van der Waals surface area contributed by atoms with E-state index in [1.54, 1.807) is 13.8 Å². The lowest BCUT2D eigenvalue weighted by molar-refractivity contribution is -0.579. The van der Waals surface area contributed by atoms with Crippen LogP contribution in [0.25, 0.3) is 0 Å². The van der Waals surface area contributed by atoms with E-state index in [9.17, 15) is 20.0 Å². The zero-order valence-corrected chi connectivity index (χ0v) is 11.4. The van der Waals surface area contributed by atoms with Crippen molar-refractivity contribution in [3.63, 3.8) is 0 Å². The first kappa shape index (κ1) is 15.1. The van der Waals surface area contributed by atoms with Crippen molar-refractivity contribution in [2.45, 2.75) is 70.4 Å². The Hall–Kier alpha value is -0.970. The van der Waals surface area contributed by atoms with Gasteiger partial charge in [-0.1, -0.05) is 20.8 Å². The third kappa shape index (κ3) is 2.41. The van der Waals surface area contributed by atoms with Crippen LogP contribution in [0.3, 0.4) is 0 Å². The quantitative estimate of drug-likeness (QED) is 0.605. The number of ketones is 1. The Morgan fingerprint density at radius 2 is 1.94 bits per heavy atom. The molecular weight excluding hydrogens is 234 g/mol. The standard InChI is InChI=1S/C13H23NO4/c1-4-11(15)10-9-12(5-2,14(17)18)7-8-13(10,16)6-3/h10,16H,4-9H2,1-3H3/t10-,12+,13+/m1/s1. The molecule has 0 heterocycles. The normalized spacial score (nSPS) is 36.3. The van der Waals surface area contributed by atoms with Gasteiger partial charge >= 0.3 is 0 Å². The molecule has 5 heteroatoms. The maximum Gasteiger partial charge on any atom is 0.222 e. The number of nitro groups is 1. The molecule has 1 N–H and O–H groups in total. The molecule has 0 aromatic heterocycles. The fourth-order valence-electron chi connectivity index (χ4n) is 2.99. The highest BCUT2D eigenvalue weighted by atomic mass is 16.6. The minimum Gasteiger partial charge on any atom is -0.389 e. The molecule has 3 atom stereocenters. The van der Waals surface area contributed by atoms with Gasteiger partial charge in [-0.25, -0.2) is 0 Å². The molecule has 0 spiro atoms. The van der Waals surface area contributed by atoms with Crippen LogP contribution in [0.5, 0.6) is 0 Å². The molecule has 1 rings (SSSR count). The first-order chi connectivity index (χ1) is 8.35. The SMILES string of the molecule is CCC(=O)[C@H]1C[C@@](CC)([N+](=O)[O-])CC[C@@]1(O)CC. The predicted octanol–water partition coefficient (Wildman–Crippen LogP) is 2.33. The highest BCUT2D eigenvalue weighted by Gasteiger charge is 2.55. The Bertz CT molecular complexity index is 344. The molecule has 1 saturated carbocycles. The molecular formula is C13H23NO4. The van der Waals surface area contributed by atoms with Gasteiger partial charge in [0.25, 0.3) is 0 Å². The van der Waals surface area contributed by atoms with Crippen molar-refractivity contribution in [1.29, 1.82) is 0 Å². The summed E-state index contributed by atoms with van der Waals surface area (Å²) in [4.78, 5) is 23.0. The van der Waals surface area contributed by atoms with Crippen LogP contribution in [0.15, 0.2) is 0 Å². The van der Waals surface area contributed by atoms with Crippen LogP contribution >= 0.6 is 0 Å². The summed E-state index contributed by atoms with van der Waals surface area (Å²) in [6.45, 7) is 5.36. The largest absolute Gasteiger partial charge is 0.389 e. The molecule has 5 nitrogen and oxygen atoms in total. The summed E-state index contributed by atoms with van der Waals surface area (Å²) in [5, 5.41) is 21.8. The van der Waals surface area contributed by atoms with E-state index in [0.717, 1.165) is 0 Å². The minimum atomic E-state index is -1.05. The highest BCUT2D eigenvalue weighted by Crippen LogP contribution is 2.44. The van der Waals surface area contributed by atoms with Crippen LogP contribution in [0, 0.1) is 16.0 Å². The summed E-state index contributed by atoms with van der Waals surface area (Å²) in [5.74, 6) is -0.648. The number of Topliss-reactive ketones (excluding diaryl/α,β-unsaturated/α-hetero) is 1. The molecule has 1 aliphatic rings. The van der Waals surface area contributed by atoms with Crippen LogP contribution in [-0.2, 0) is 4.79 Å². The first-order valence-corrected chi connectivity index (χ1v) is 6.74. The van der Waals surface area contributed by atoms with Crippen molar-refractivity contribution < 1.29 is 14.8 Å². The van der Waals surface area contributed by atoms with Crippen molar-refractivity contribution in [2.75, 3.05) is 0 Å². The topological polar surface area (TPSA) is 80.4 Å². The van der Waals surface area contributed by atoms with Gasteiger partial charge < -0.3 is 5.11 Å². The van der Waals surface area contributed by atoms with Gasteiger partial charge in [-0.15, -0.1) is 0 Å². The predicted molar refractivity (Wildman–Crippen MR) is 67.9 cm³/mol. The van der Waals surface area contributed by atoms with Crippen LogP contribution in [-0.4, -0.2) is 27.0 Å². The minimum absolute atomic E-state index is 0.0567. The highest BCUT2D eigenvalue weighted by molar-refractivity contribution is 5.82. The lowest BCUT2D eigenvalue weighted by atomic mass is 9.64. The van der Waals surface area contributed by atoms with Gasteiger partial charge in [0.2, 0.25) is 5.54 Å². The Morgan fingerprint density at radius 3 is 2.33 bits per heavy atom. The van der Waals surface area contributed by atoms with Crippen molar-refractivity contribution in [3.05, 3.63) is 10.1 Å². The smallest absolute Gasteiger partial charge is 0.222 e. The number of aliphatic hydroxyl groups is 1. The van der Waals surface area contributed by atoms with E-state index in [1.165, 1.54) is 0 Å². The number of hydrogen-bond acceptors (Lipinski definition) is 4. The molecule has 18 heavy (non-hydrogen) atoms. The molecule has 0 saturated heterocycles. The summed E-state index contributed by atoms with van der Waals surface area (Å²) in [7, 11) is 0. The van der Waals surface area contributed by atoms with Crippen LogP contribution in [0.4, 0.5) is 0 Å². The number of carbonyl (C=O) groups excluding carboxylic acids is 1. The molecule has 0 radical (unpaired) electrons. The average molecular weight is 257 g/mol. The molecule has 104 valence electrons. The Balaban J connectivity index is 3.06. The fraction of sp³-hybridized carbons (Fsp3) is 0.923. The lowest BCUT2D eigenvalue weighted by Gasteiger charge is -2.43. The zero-order valence-electron chi connectivity index (χ0n) is 11.4. The Morgan fingerprint density at radius 1 is 1.33 bits per heavy atom. The summed E-state index contributed by atoms with van der Waals surface area (Å²) in [6, 6.07) is 0. The molecule has 1 fully saturated rings. The first-order valence-electron chi connectivity index (χ1n) is 6.74. The summed E-state index contributed by atoms with van der Waals surface area (Å²) >= 11 is 0. The van der Waals surface area contributed by atoms with E-state index in [2.05, 4.69) is 0 Å². The van der Waals surface area contributed by atoms with Crippen molar-refractivity contribution in [2.24, 2.45) is 5.92 Å². The van der Waals surface area contributed by atoms with Gasteiger partial charge in [-0.2, -0.15) is 0 Å². The van der Waals surface area contributed by atoms with Crippen molar-refractivity contribution in [3.8, 4) is 0 Å². The lowest BCUT2D eigenvalue weighted by Crippen LogP contribution is -2.54. The fourth-order valence-corrected chi connectivity index (χ4v) is 2.99. The molecule has 0 aromatic rings. The average Bonchev–Trinajstić information content (AvgIpc) is 2.38. The summed E-state index contributed by atoms with van der Waals surface area (Å²) in [5.41, 5.74) is -2.08. The van der Waals surface area contributed by atoms with E-state index in [0.29, 0.717) is 32.1 Å². The maximum atomic E-state index is 12.0. The molecule has 0 aliphatic heterocycles. The zero-order chi connectivity index (χ0) is 14.0. The van der Waals surface area contributed by atoms with E-state index < -0.39 is 17.1 Å². The second-order valence-electron chi connectivity index (χ2n) is 5.37. The number of nitrogens with zero attached hydrogens (tertiary/aromatic N) is 1. The van der Waals surface area contributed by atoms with E-state index >= 15 is 0 Å². The molecule has 0 aromatic carbocycles.